The third-order valence-electron chi connectivity index (χ3n) is 6.96. The zero-order valence-electron chi connectivity index (χ0n) is 21.9. The Hall–Kier alpha value is -4.66. The molecular weight excluding hydrogens is 496 g/mol. The Balaban J connectivity index is 1.50. The van der Waals surface area contributed by atoms with Gasteiger partial charge in [0.25, 0.3) is 0 Å². The molecule has 0 aliphatic carbocycles. The highest BCUT2D eigenvalue weighted by molar-refractivity contribution is 5.91. The number of rotatable bonds is 8. The molecule has 1 aliphatic rings. The number of hydrogen-bond acceptors (Lipinski definition) is 6. The number of benzene rings is 2. The number of aryl methyl sites for hydroxylation is 2. The number of carboxylic acids is 1. The first kappa shape index (κ1) is 26.0. The summed E-state index contributed by atoms with van der Waals surface area (Å²) in [6.45, 7) is 5.01. The van der Waals surface area contributed by atoms with E-state index in [1.165, 1.54) is 12.7 Å². The molecule has 0 bridgehead atoms. The van der Waals surface area contributed by atoms with Crippen LogP contribution in [0.25, 0.3) is 0 Å². The summed E-state index contributed by atoms with van der Waals surface area (Å²) in [5.74, 6) is -0.769. The van der Waals surface area contributed by atoms with E-state index in [0.717, 1.165) is 33.4 Å². The molecule has 39 heavy (non-hydrogen) atoms. The van der Waals surface area contributed by atoms with E-state index >= 15 is 0 Å². The van der Waals surface area contributed by atoms with Crippen LogP contribution < -0.4 is 10.1 Å². The second kappa shape index (κ2) is 11.4. The quantitative estimate of drug-likeness (QED) is 0.337. The monoisotopic (exact) mass is 526 g/mol. The number of carbonyl (C=O) groups is 2. The fourth-order valence-corrected chi connectivity index (χ4v) is 5.04. The minimum atomic E-state index is -1.05. The minimum Gasteiger partial charge on any atom is -0.492 e. The number of aromatic carboxylic acids is 1. The van der Waals surface area contributed by atoms with Crippen molar-refractivity contribution in [3.63, 3.8) is 0 Å². The Morgan fingerprint density at radius 3 is 2.77 bits per heavy atom. The maximum absolute atomic E-state index is 13.5. The van der Waals surface area contributed by atoms with Crippen LogP contribution in [-0.2, 0) is 19.4 Å². The molecule has 0 saturated heterocycles. The number of ether oxygens (including phenoxy) is 1. The van der Waals surface area contributed by atoms with Crippen LogP contribution in [0.5, 0.6) is 5.75 Å². The smallest absolute Gasteiger partial charge is 0.339 e. The molecule has 0 radical (unpaired) electrons. The largest absolute Gasteiger partial charge is 0.492 e. The number of oxazole rings is 1. The third kappa shape index (κ3) is 5.77. The van der Waals surface area contributed by atoms with Gasteiger partial charge in [0.15, 0.2) is 6.39 Å². The molecular formula is C30H30N4O5. The highest BCUT2D eigenvalue weighted by Gasteiger charge is 2.34. The fourth-order valence-electron chi connectivity index (χ4n) is 5.04. The molecule has 0 saturated carbocycles. The summed E-state index contributed by atoms with van der Waals surface area (Å²) in [5.41, 5.74) is 6.61. The Kier molecular flexibility index (Phi) is 7.58. The van der Waals surface area contributed by atoms with Crippen molar-refractivity contribution < 1.29 is 23.8 Å². The van der Waals surface area contributed by atoms with Crippen LogP contribution in [-0.4, -0.2) is 45.1 Å². The second-order valence-corrected chi connectivity index (χ2v) is 9.66. The van der Waals surface area contributed by atoms with Crippen molar-refractivity contribution in [3.05, 3.63) is 112 Å². The first-order valence-corrected chi connectivity index (χ1v) is 12.8. The van der Waals surface area contributed by atoms with Crippen LogP contribution in [0.4, 0.5) is 4.79 Å². The summed E-state index contributed by atoms with van der Waals surface area (Å²) in [6.07, 6.45) is 7.39. The molecule has 0 spiro atoms. The number of nitrogens with one attached hydrogen (secondary N) is 1. The summed E-state index contributed by atoms with van der Waals surface area (Å²) in [4.78, 5) is 35.7. The molecule has 9 heteroatoms. The number of fused-ring (bicyclic) bond motifs is 1. The molecule has 1 atom stereocenters. The van der Waals surface area contributed by atoms with E-state index in [1.54, 1.807) is 29.4 Å². The van der Waals surface area contributed by atoms with Crippen LogP contribution in [0.1, 0.15) is 55.5 Å². The van der Waals surface area contributed by atoms with Gasteiger partial charge >= 0.3 is 12.0 Å². The van der Waals surface area contributed by atoms with Crippen molar-refractivity contribution in [3.8, 4) is 5.75 Å². The number of nitrogens with zero attached hydrogens (tertiary/aromatic N) is 3. The summed E-state index contributed by atoms with van der Waals surface area (Å²) in [5, 5.41) is 12.9. The van der Waals surface area contributed by atoms with Crippen LogP contribution in [0.2, 0.25) is 0 Å². The highest BCUT2D eigenvalue weighted by atomic mass is 16.5. The van der Waals surface area contributed by atoms with E-state index in [9.17, 15) is 14.7 Å². The van der Waals surface area contributed by atoms with E-state index < -0.39 is 12.0 Å². The van der Waals surface area contributed by atoms with E-state index in [4.69, 9.17) is 9.15 Å². The second-order valence-electron chi connectivity index (χ2n) is 9.66. The Morgan fingerprint density at radius 1 is 1.18 bits per heavy atom. The van der Waals surface area contributed by atoms with Crippen molar-refractivity contribution in [2.45, 2.75) is 39.3 Å². The molecule has 2 aromatic heterocycles. The fraction of sp³-hybridized carbons (Fsp3) is 0.267. The van der Waals surface area contributed by atoms with Crippen molar-refractivity contribution in [1.82, 2.24) is 20.2 Å². The van der Waals surface area contributed by atoms with Gasteiger partial charge in [-0.05, 0) is 66.3 Å². The molecule has 2 amide bonds. The summed E-state index contributed by atoms with van der Waals surface area (Å²) >= 11 is 0. The zero-order valence-corrected chi connectivity index (χ0v) is 21.9. The topological polar surface area (TPSA) is 118 Å². The third-order valence-corrected chi connectivity index (χ3v) is 6.96. The molecule has 2 aromatic carbocycles. The lowest BCUT2D eigenvalue weighted by Crippen LogP contribution is -2.46. The number of amides is 2. The van der Waals surface area contributed by atoms with Gasteiger partial charge in [0, 0.05) is 25.4 Å². The van der Waals surface area contributed by atoms with Crippen LogP contribution >= 0.6 is 0 Å². The first-order chi connectivity index (χ1) is 18.9. The summed E-state index contributed by atoms with van der Waals surface area (Å²) in [6, 6.07) is 12.8. The molecule has 200 valence electrons. The molecule has 1 aliphatic heterocycles. The molecule has 0 fully saturated rings. The minimum absolute atomic E-state index is 0.114. The SMILES string of the molecule is Cc1ccc(C2c3cc(OCCc4cccnc4)c(C(=O)O)cc3CCN2C(=O)NCc2cocn2)c(C)c1. The molecule has 2 N–H and O–H groups in total. The van der Waals surface area contributed by atoms with Crippen LogP contribution in [0.3, 0.4) is 0 Å². The predicted molar refractivity (Wildman–Crippen MR) is 144 cm³/mol. The Labute approximate surface area is 226 Å². The van der Waals surface area contributed by atoms with E-state index in [-0.39, 0.29) is 23.9 Å². The van der Waals surface area contributed by atoms with Crippen molar-refractivity contribution >= 4 is 12.0 Å². The maximum atomic E-state index is 13.5. The summed E-state index contributed by atoms with van der Waals surface area (Å²) in [7, 11) is 0. The van der Waals surface area contributed by atoms with E-state index in [2.05, 4.69) is 21.4 Å². The van der Waals surface area contributed by atoms with Gasteiger partial charge < -0.3 is 24.5 Å². The molecule has 4 aromatic rings. The van der Waals surface area contributed by atoms with Crippen molar-refractivity contribution in [2.75, 3.05) is 13.2 Å². The van der Waals surface area contributed by atoms with Crippen LogP contribution in [0.15, 0.2) is 71.9 Å². The zero-order chi connectivity index (χ0) is 27.4. The van der Waals surface area contributed by atoms with Gasteiger partial charge in [0.2, 0.25) is 0 Å². The van der Waals surface area contributed by atoms with Gasteiger partial charge in [-0.2, -0.15) is 0 Å². The lowest BCUT2D eigenvalue weighted by molar-refractivity contribution is 0.0691. The average molecular weight is 527 g/mol. The first-order valence-electron chi connectivity index (χ1n) is 12.8. The molecule has 1 unspecified atom stereocenters. The predicted octanol–water partition coefficient (Wildman–Crippen LogP) is 4.86. The van der Waals surface area contributed by atoms with Gasteiger partial charge in [-0.25, -0.2) is 14.6 Å². The highest BCUT2D eigenvalue weighted by Crippen LogP contribution is 2.40. The number of pyridine rings is 1. The number of urea groups is 1. The number of carboxylic acid groups (broad SMARTS) is 1. The van der Waals surface area contributed by atoms with E-state index in [0.29, 0.717) is 31.7 Å². The number of hydrogen-bond donors (Lipinski definition) is 2. The van der Waals surface area contributed by atoms with Gasteiger partial charge in [-0.3, -0.25) is 4.98 Å². The molecule has 9 nitrogen and oxygen atoms in total. The molecule has 5 rings (SSSR count). The van der Waals surface area contributed by atoms with Crippen LogP contribution in [0, 0.1) is 13.8 Å². The van der Waals surface area contributed by atoms with Crippen molar-refractivity contribution in [1.29, 1.82) is 0 Å². The Morgan fingerprint density at radius 2 is 2.05 bits per heavy atom. The lowest BCUT2D eigenvalue weighted by Gasteiger charge is -2.38. The Bertz CT molecular complexity index is 1470. The maximum Gasteiger partial charge on any atom is 0.339 e. The average Bonchev–Trinajstić information content (AvgIpc) is 3.45. The standard InChI is InChI=1S/C30H30N4O5/c1-19-5-6-24(20(2)12-19)28-25-14-27(39-11-8-21-4-3-9-31-15-21)26(29(35)36)13-22(25)7-10-34(28)30(37)32-16-23-17-38-18-33-23/h3-6,9,12-15,17-18,28H,7-8,10-11,16H2,1-2H3,(H,32,37)(H,35,36). The van der Waals surface area contributed by atoms with Gasteiger partial charge in [-0.1, -0.05) is 29.8 Å². The molecule has 3 heterocycles. The van der Waals surface area contributed by atoms with E-state index in [1.807, 2.05) is 38.1 Å². The van der Waals surface area contributed by atoms with Gasteiger partial charge in [0.1, 0.15) is 17.6 Å². The van der Waals surface area contributed by atoms with Gasteiger partial charge in [0.05, 0.1) is 24.9 Å². The number of carbonyl (C=O) groups excluding carboxylic acids is 1. The summed E-state index contributed by atoms with van der Waals surface area (Å²) < 4.78 is 11.1. The van der Waals surface area contributed by atoms with Crippen molar-refractivity contribution in [2.24, 2.45) is 0 Å². The van der Waals surface area contributed by atoms with Gasteiger partial charge in [-0.15, -0.1) is 0 Å². The normalized spacial score (nSPS) is 14.5. The lowest BCUT2D eigenvalue weighted by atomic mass is 9.85. The number of aromatic nitrogens is 2.